The van der Waals surface area contributed by atoms with Gasteiger partial charge in [0.1, 0.15) is 17.3 Å². The van der Waals surface area contributed by atoms with Gasteiger partial charge < -0.3 is 19.0 Å². The summed E-state index contributed by atoms with van der Waals surface area (Å²) in [5.74, 6) is 2.14. The summed E-state index contributed by atoms with van der Waals surface area (Å²) in [6, 6.07) is 11.5. The Bertz CT molecular complexity index is 1490. The maximum Gasteiger partial charge on any atom is 0.326 e. The van der Waals surface area contributed by atoms with Gasteiger partial charge in [0.25, 0.3) is 0 Å². The topological polar surface area (TPSA) is 95.2 Å². The predicted molar refractivity (Wildman–Crippen MR) is 121 cm³/mol. The summed E-state index contributed by atoms with van der Waals surface area (Å²) < 4.78 is 18.0. The van der Waals surface area contributed by atoms with Gasteiger partial charge in [0.2, 0.25) is 0 Å². The molecule has 0 unspecified atom stereocenters. The Kier molecular flexibility index (Phi) is 4.70. The molecule has 3 heterocycles. The number of fused-ring (bicyclic) bond motifs is 3. The summed E-state index contributed by atoms with van der Waals surface area (Å²) in [6.07, 6.45) is 1.69. The van der Waals surface area contributed by atoms with E-state index < -0.39 is 0 Å². The van der Waals surface area contributed by atoms with Crippen LogP contribution in [-0.2, 0) is 6.54 Å². The van der Waals surface area contributed by atoms with Gasteiger partial charge in [0.15, 0.2) is 0 Å². The van der Waals surface area contributed by atoms with Gasteiger partial charge in [-0.1, -0.05) is 17.3 Å². The Labute approximate surface area is 183 Å². The predicted octanol–water partition coefficient (Wildman–Crippen LogP) is 4.22. The number of hydrogen-bond acceptors (Lipinski definition) is 6. The van der Waals surface area contributed by atoms with Gasteiger partial charge in [0, 0.05) is 10.9 Å². The maximum absolute atomic E-state index is 12.8. The molecule has 2 aromatic carbocycles. The number of imidazole rings is 1. The molecule has 0 fully saturated rings. The van der Waals surface area contributed by atoms with Crippen molar-refractivity contribution >= 4 is 21.9 Å². The molecule has 0 saturated carbocycles. The van der Waals surface area contributed by atoms with E-state index in [1.165, 1.54) is 0 Å². The van der Waals surface area contributed by atoms with Gasteiger partial charge in [-0.3, -0.25) is 9.55 Å². The van der Waals surface area contributed by atoms with Crippen LogP contribution in [0.4, 0.5) is 0 Å². The van der Waals surface area contributed by atoms with Gasteiger partial charge in [-0.15, -0.1) is 0 Å². The molecule has 0 atom stereocenters. The van der Waals surface area contributed by atoms with Crippen molar-refractivity contribution in [3.63, 3.8) is 0 Å². The van der Waals surface area contributed by atoms with Crippen molar-refractivity contribution < 1.29 is 14.0 Å². The Morgan fingerprint density at radius 1 is 1.09 bits per heavy atom. The van der Waals surface area contributed by atoms with Crippen LogP contribution in [-0.4, -0.2) is 33.9 Å². The van der Waals surface area contributed by atoms with E-state index in [0.717, 1.165) is 44.6 Å². The molecule has 3 aromatic heterocycles. The van der Waals surface area contributed by atoms with Crippen molar-refractivity contribution in [2.75, 3.05) is 14.2 Å². The molecule has 8 nitrogen and oxygen atoms in total. The zero-order valence-electron chi connectivity index (χ0n) is 18.2. The average Bonchev–Trinajstić information content (AvgIpc) is 3.31. The van der Waals surface area contributed by atoms with Crippen LogP contribution >= 0.6 is 0 Å². The largest absolute Gasteiger partial charge is 0.497 e. The molecule has 0 radical (unpaired) electrons. The van der Waals surface area contributed by atoms with Crippen LogP contribution < -0.4 is 15.2 Å². The van der Waals surface area contributed by atoms with Crippen LogP contribution in [0.5, 0.6) is 11.5 Å². The van der Waals surface area contributed by atoms with Crippen LogP contribution in [0.15, 0.2) is 51.9 Å². The second kappa shape index (κ2) is 7.56. The second-order valence-electron chi connectivity index (χ2n) is 7.65. The minimum atomic E-state index is -0.195. The summed E-state index contributed by atoms with van der Waals surface area (Å²) in [7, 11) is 3.25. The van der Waals surface area contributed by atoms with E-state index >= 15 is 0 Å². The summed E-state index contributed by atoms with van der Waals surface area (Å²) in [4.78, 5) is 20.3. The molecule has 5 rings (SSSR count). The number of nitrogens with zero attached hydrogens (tertiary/aromatic N) is 3. The molecule has 0 spiro atoms. The molecule has 162 valence electrons. The highest BCUT2D eigenvalue weighted by molar-refractivity contribution is 6.04. The van der Waals surface area contributed by atoms with Crippen molar-refractivity contribution in [1.82, 2.24) is 19.7 Å². The third-order valence-corrected chi connectivity index (χ3v) is 5.72. The fourth-order valence-corrected chi connectivity index (χ4v) is 4.17. The Morgan fingerprint density at radius 3 is 2.53 bits per heavy atom. The lowest BCUT2D eigenvalue weighted by atomic mass is 10.0. The van der Waals surface area contributed by atoms with E-state index in [0.29, 0.717) is 23.6 Å². The lowest BCUT2D eigenvalue weighted by molar-refractivity contribution is 0.393. The monoisotopic (exact) mass is 430 g/mol. The third kappa shape index (κ3) is 3.11. The van der Waals surface area contributed by atoms with Gasteiger partial charge >= 0.3 is 5.69 Å². The van der Waals surface area contributed by atoms with Crippen molar-refractivity contribution in [2.24, 2.45) is 0 Å². The molecular weight excluding hydrogens is 408 g/mol. The summed E-state index contributed by atoms with van der Waals surface area (Å²) in [5, 5.41) is 4.89. The van der Waals surface area contributed by atoms with Crippen molar-refractivity contribution in [1.29, 1.82) is 0 Å². The number of aromatic nitrogens is 4. The molecule has 8 heteroatoms. The van der Waals surface area contributed by atoms with Crippen LogP contribution in [0, 0.1) is 13.8 Å². The standard InChI is InChI=1S/C24H22N4O4/c1-13-22(14(2)32-27-13)18-9-19-17(10-21(18)31-4)23-20(11-25-19)26-24(29)28(23)12-15-5-7-16(30-3)8-6-15/h5-11H,12H2,1-4H3,(H,26,29). The molecule has 5 aromatic rings. The average molecular weight is 430 g/mol. The Hall–Kier alpha value is -4.07. The number of ether oxygens (including phenoxy) is 2. The number of aryl methyl sites for hydroxylation is 2. The summed E-state index contributed by atoms with van der Waals surface area (Å²) in [5.41, 5.74) is 5.49. The van der Waals surface area contributed by atoms with E-state index in [-0.39, 0.29) is 5.69 Å². The first-order valence-electron chi connectivity index (χ1n) is 10.2. The van der Waals surface area contributed by atoms with Crippen LogP contribution in [0.25, 0.3) is 33.1 Å². The second-order valence-corrected chi connectivity index (χ2v) is 7.65. The minimum absolute atomic E-state index is 0.195. The molecule has 0 aliphatic rings. The summed E-state index contributed by atoms with van der Waals surface area (Å²) in [6.45, 7) is 4.18. The zero-order valence-corrected chi connectivity index (χ0v) is 18.2. The SMILES string of the molecule is COc1ccc(Cn2c(=O)[nH]c3cnc4cc(-c5c(C)noc5C)c(OC)cc4c32)cc1. The first-order valence-corrected chi connectivity index (χ1v) is 10.2. The van der Waals surface area contributed by atoms with E-state index in [4.69, 9.17) is 14.0 Å². The number of aromatic amines is 1. The first kappa shape index (κ1) is 19.9. The first-order chi connectivity index (χ1) is 15.5. The maximum atomic E-state index is 12.8. The zero-order chi connectivity index (χ0) is 22.4. The number of benzene rings is 2. The highest BCUT2D eigenvalue weighted by Crippen LogP contribution is 2.38. The van der Waals surface area contributed by atoms with E-state index in [9.17, 15) is 4.79 Å². The number of pyridine rings is 1. The Morgan fingerprint density at radius 2 is 1.88 bits per heavy atom. The molecule has 1 N–H and O–H groups in total. The highest BCUT2D eigenvalue weighted by Gasteiger charge is 2.20. The van der Waals surface area contributed by atoms with Gasteiger partial charge in [-0.05, 0) is 43.7 Å². The van der Waals surface area contributed by atoms with E-state index in [1.807, 2.05) is 50.2 Å². The number of nitrogens with one attached hydrogen (secondary N) is 1. The highest BCUT2D eigenvalue weighted by atomic mass is 16.5. The van der Waals surface area contributed by atoms with Crippen molar-refractivity contribution in [3.05, 3.63) is 70.1 Å². The quantitative estimate of drug-likeness (QED) is 0.449. The Balaban J connectivity index is 1.72. The fraction of sp³-hybridized carbons (Fsp3) is 0.208. The van der Waals surface area contributed by atoms with Crippen LogP contribution in [0.1, 0.15) is 17.0 Å². The number of methoxy groups -OCH3 is 2. The molecule has 0 saturated heterocycles. The summed E-state index contributed by atoms with van der Waals surface area (Å²) >= 11 is 0. The molecule has 0 bridgehead atoms. The van der Waals surface area contributed by atoms with Crippen molar-refractivity contribution in [3.8, 4) is 22.6 Å². The van der Waals surface area contributed by atoms with Crippen molar-refractivity contribution in [2.45, 2.75) is 20.4 Å². The lowest BCUT2D eigenvalue weighted by Crippen LogP contribution is -2.17. The van der Waals surface area contributed by atoms with Crippen LogP contribution in [0.3, 0.4) is 0 Å². The molecular formula is C24H22N4O4. The van der Waals surface area contributed by atoms with Gasteiger partial charge in [0.05, 0.1) is 54.8 Å². The fourth-order valence-electron chi connectivity index (χ4n) is 4.17. The molecule has 0 aliphatic carbocycles. The number of H-pyrrole nitrogens is 1. The van der Waals surface area contributed by atoms with E-state index in [2.05, 4.69) is 15.1 Å². The normalized spacial score (nSPS) is 11.4. The van der Waals surface area contributed by atoms with Gasteiger partial charge in [-0.2, -0.15) is 0 Å². The van der Waals surface area contributed by atoms with Gasteiger partial charge in [-0.25, -0.2) is 4.79 Å². The lowest BCUT2D eigenvalue weighted by Gasteiger charge is -2.12. The number of hydrogen-bond donors (Lipinski definition) is 1. The molecule has 32 heavy (non-hydrogen) atoms. The third-order valence-electron chi connectivity index (χ3n) is 5.72. The molecule has 0 aliphatic heterocycles. The smallest absolute Gasteiger partial charge is 0.326 e. The number of rotatable bonds is 5. The van der Waals surface area contributed by atoms with E-state index in [1.54, 1.807) is 25.0 Å². The van der Waals surface area contributed by atoms with Crippen LogP contribution in [0.2, 0.25) is 0 Å². The molecule has 0 amide bonds. The minimum Gasteiger partial charge on any atom is -0.497 e.